The molecule has 1 aromatic rings. The van der Waals surface area contributed by atoms with E-state index in [2.05, 4.69) is 55.2 Å². The number of pyridine rings is 1. The summed E-state index contributed by atoms with van der Waals surface area (Å²) in [5, 5.41) is 3.50. The van der Waals surface area contributed by atoms with Gasteiger partial charge >= 0.3 is 0 Å². The molecule has 118 valence electrons. The van der Waals surface area contributed by atoms with Crippen LogP contribution in [0.3, 0.4) is 0 Å². The Bertz CT molecular complexity index is 413. The molecule has 0 amide bonds. The van der Waals surface area contributed by atoms with Crippen LogP contribution in [0.2, 0.25) is 0 Å². The van der Waals surface area contributed by atoms with Crippen molar-refractivity contribution < 1.29 is 0 Å². The van der Waals surface area contributed by atoms with Gasteiger partial charge in [-0.1, -0.05) is 25.3 Å². The first-order valence-electron chi connectivity index (χ1n) is 8.33. The van der Waals surface area contributed by atoms with E-state index in [1.54, 1.807) is 0 Å². The zero-order valence-corrected chi connectivity index (χ0v) is 14.2. The second kappa shape index (κ2) is 7.37. The largest absolute Gasteiger partial charge is 0.308 e. The molecule has 21 heavy (non-hydrogen) atoms. The number of nitrogens with one attached hydrogen (secondary N) is 1. The molecule has 0 bridgehead atoms. The maximum Gasteiger partial charge on any atom is 0.0544 e. The van der Waals surface area contributed by atoms with Crippen LogP contribution in [0, 0.1) is 0 Å². The number of rotatable bonds is 5. The first-order valence-corrected chi connectivity index (χ1v) is 8.33. The van der Waals surface area contributed by atoms with Gasteiger partial charge in [-0.25, -0.2) is 0 Å². The summed E-state index contributed by atoms with van der Waals surface area (Å²) in [6.45, 7) is 8.42. The first kappa shape index (κ1) is 16.4. The lowest BCUT2D eigenvalue weighted by Gasteiger charge is -2.30. The molecular formula is C18H31N3. The molecular weight excluding hydrogens is 258 g/mol. The highest BCUT2D eigenvalue weighted by molar-refractivity contribution is 5.14. The van der Waals surface area contributed by atoms with E-state index in [0.717, 1.165) is 19.1 Å². The highest BCUT2D eigenvalue weighted by Gasteiger charge is 2.18. The van der Waals surface area contributed by atoms with Gasteiger partial charge in [-0.2, -0.15) is 0 Å². The molecule has 0 radical (unpaired) electrons. The fourth-order valence-corrected chi connectivity index (χ4v) is 2.93. The maximum absolute atomic E-state index is 4.63. The molecule has 0 unspecified atom stereocenters. The van der Waals surface area contributed by atoms with Crippen LogP contribution in [0.5, 0.6) is 0 Å². The molecule has 3 heteroatoms. The average molecular weight is 289 g/mol. The van der Waals surface area contributed by atoms with Crippen molar-refractivity contribution in [3.8, 4) is 0 Å². The molecule has 2 rings (SSSR count). The molecule has 0 aliphatic heterocycles. The van der Waals surface area contributed by atoms with E-state index in [1.165, 1.54) is 43.4 Å². The highest BCUT2D eigenvalue weighted by Crippen LogP contribution is 2.22. The van der Waals surface area contributed by atoms with Crippen molar-refractivity contribution in [2.75, 3.05) is 7.05 Å². The van der Waals surface area contributed by atoms with Crippen molar-refractivity contribution in [2.24, 2.45) is 0 Å². The predicted octanol–water partition coefficient (Wildman–Crippen LogP) is 3.73. The Labute approximate surface area is 130 Å². The Morgan fingerprint density at radius 1 is 1.19 bits per heavy atom. The van der Waals surface area contributed by atoms with Crippen LogP contribution >= 0.6 is 0 Å². The van der Waals surface area contributed by atoms with Crippen LogP contribution in [0.4, 0.5) is 0 Å². The summed E-state index contributed by atoms with van der Waals surface area (Å²) >= 11 is 0. The zero-order chi connectivity index (χ0) is 15.3. The van der Waals surface area contributed by atoms with E-state index < -0.39 is 0 Å². The van der Waals surface area contributed by atoms with Crippen LogP contribution in [0.15, 0.2) is 18.3 Å². The Morgan fingerprint density at radius 2 is 1.90 bits per heavy atom. The van der Waals surface area contributed by atoms with E-state index in [4.69, 9.17) is 0 Å². The maximum atomic E-state index is 4.63. The average Bonchev–Trinajstić information content (AvgIpc) is 2.46. The van der Waals surface area contributed by atoms with E-state index in [1.807, 2.05) is 6.20 Å². The summed E-state index contributed by atoms with van der Waals surface area (Å²) in [6.07, 6.45) is 8.91. The number of aromatic nitrogens is 1. The molecule has 0 atom stereocenters. The number of hydrogen-bond acceptors (Lipinski definition) is 3. The van der Waals surface area contributed by atoms with E-state index in [-0.39, 0.29) is 5.54 Å². The molecule has 1 saturated carbocycles. The minimum atomic E-state index is 0.153. The smallest absolute Gasteiger partial charge is 0.0544 e. The minimum absolute atomic E-state index is 0.153. The molecule has 1 aliphatic carbocycles. The van der Waals surface area contributed by atoms with Gasteiger partial charge in [0.2, 0.25) is 0 Å². The summed E-state index contributed by atoms with van der Waals surface area (Å²) in [5.41, 5.74) is 2.59. The van der Waals surface area contributed by atoms with Gasteiger partial charge < -0.3 is 5.32 Å². The SMILES string of the molecule is CN(Cc1ccc(CNC(C)(C)C)cn1)C1CCCCC1. The zero-order valence-electron chi connectivity index (χ0n) is 14.2. The normalized spacial score (nSPS) is 17.4. The van der Waals surface area contributed by atoms with Gasteiger partial charge in [-0.05, 0) is 52.3 Å². The van der Waals surface area contributed by atoms with Gasteiger partial charge in [0.15, 0.2) is 0 Å². The molecule has 3 nitrogen and oxygen atoms in total. The summed E-state index contributed by atoms with van der Waals surface area (Å²) in [6, 6.07) is 5.14. The van der Waals surface area contributed by atoms with Gasteiger partial charge in [0, 0.05) is 30.9 Å². The molecule has 1 N–H and O–H groups in total. The third-order valence-corrected chi connectivity index (χ3v) is 4.32. The first-order chi connectivity index (χ1) is 9.94. The lowest BCUT2D eigenvalue weighted by Crippen LogP contribution is -2.35. The highest BCUT2D eigenvalue weighted by atomic mass is 15.1. The predicted molar refractivity (Wildman–Crippen MR) is 89.2 cm³/mol. The molecule has 1 aliphatic rings. The molecule has 0 saturated heterocycles. The summed E-state index contributed by atoms with van der Waals surface area (Å²) in [4.78, 5) is 7.11. The van der Waals surface area contributed by atoms with Crippen molar-refractivity contribution >= 4 is 0 Å². The van der Waals surface area contributed by atoms with E-state index in [9.17, 15) is 0 Å². The monoisotopic (exact) mass is 289 g/mol. The van der Waals surface area contributed by atoms with Crippen molar-refractivity contribution in [3.63, 3.8) is 0 Å². The Balaban J connectivity index is 1.84. The Kier molecular flexibility index (Phi) is 5.77. The second-order valence-corrected chi connectivity index (χ2v) is 7.47. The van der Waals surface area contributed by atoms with Gasteiger partial charge in [-0.3, -0.25) is 9.88 Å². The summed E-state index contributed by atoms with van der Waals surface area (Å²) in [7, 11) is 2.24. The van der Waals surface area contributed by atoms with E-state index in [0.29, 0.717) is 0 Å². The van der Waals surface area contributed by atoms with Crippen molar-refractivity contribution in [3.05, 3.63) is 29.6 Å². The van der Waals surface area contributed by atoms with Crippen LogP contribution in [0.25, 0.3) is 0 Å². The van der Waals surface area contributed by atoms with Gasteiger partial charge in [0.05, 0.1) is 5.69 Å². The van der Waals surface area contributed by atoms with Gasteiger partial charge in [0.1, 0.15) is 0 Å². The molecule has 0 spiro atoms. The summed E-state index contributed by atoms with van der Waals surface area (Å²) < 4.78 is 0. The Morgan fingerprint density at radius 3 is 2.48 bits per heavy atom. The van der Waals surface area contributed by atoms with Crippen molar-refractivity contribution in [2.45, 2.75) is 77.5 Å². The fourth-order valence-electron chi connectivity index (χ4n) is 2.93. The van der Waals surface area contributed by atoms with Crippen LogP contribution < -0.4 is 5.32 Å². The third kappa shape index (κ3) is 5.76. The second-order valence-electron chi connectivity index (χ2n) is 7.47. The van der Waals surface area contributed by atoms with Crippen LogP contribution in [-0.2, 0) is 13.1 Å². The number of hydrogen-bond donors (Lipinski definition) is 1. The van der Waals surface area contributed by atoms with Crippen LogP contribution in [0.1, 0.15) is 64.1 Å². The van der Waals surface area contributed by atoms with E-state index >= 15 is 0 Å². The molecule has 0 aromatic carbocycles. The molecule has 1 fully saturated rings. The third-order valence-electron chi connectivity index (χ3n) is 4.32. The lowest BCUT2D eigenvalue weighted by atomic mass is 9.94. The minimum Gasteiger partial charge on any atom is -0.308 e. The van der Waals surface area contributed by atoms with Gasteiger partial charge in [0.25, 0.3) is 0 Å². The van der Waals surface area contributed by atoms with Gasteiger partial charge in [-0.15, -0.1) is 0 Å². The molecule has 1 heterocycles. The Hall–Kier alpha value is -0.930. The standard InChI is InChI=1S/C18H31N3/c1-18(2,3)20-13-15-10-11-16(19-12-15)14-21(4)17-8-6-5-7-9-17/h10-12,17,20H,5-9,13-14H2,1-4H3. The quantitative estimate of drug-likeness (QED) is 0.895. The molecule has 1 aromatic heterocycles. The van der Waals surface area contributed by atoms with Crippen LogP contribution in [-0.4, -0.2) is 28.5 Å². The fraction of sp³-hybridized carbons (Fsp3) is 0.722. The van der Waals surface area contributed by atoms with Crippen molar-refractivity contribution in [1.29, 1.82) is 0 Å². The topological polar surface area (TPSA) is 28.2 Å². The summed E-state index contributed by atoms with van der Waals surface area (Å²) in [5.74, 6) is 0. The number of nitrogens with zero attached hydrogens (tertiary/aromatic N) is 2. The van der Waals surface area contributed by atoms with Crippen molar-refractivity contribution in [1.82, 2.24) is 15.2 Å². The lowest BCUT2D eigenvalue weighted by molar-refractivity contribution is 0.183.